The molecule has 3 aromatic rings. The van der Waals surface area contributed by atoms with Gasteiger partial charge in [0.2, 0.25) is 0 Å². The van der Waals surface area contributed by atoms with Crippen LogP contribution >= 0.6 is 0 Å². The monoisotopic (exact) mass is 309 g/mol. The molecule has 6 nitrogen and oxygen atoms in total. The second-order valence-corrected chi connectivity index (χ2v) is 5.08. The number of anilines is 1. The Labute approximate surface area is 132 Å². The van der Waals surface area contributed by atoms with Crippen LogP contribution in [-0.2, 0) is 0 Å². The molecule has 0 bridgehead atoms. The Morgan fingerprint density at radius 1 is 1.13 bits per heavy atom. The molecular weight excluding hydrogens is 294 g/mol. The molecule has 0 fully saturated rings. The molecule has 1 unspecified atom stereocenters. The standard InChI is InChI=1S/C17H15N3O3/c21-11-15(12-5-2-1-3-6-12)19-14-8-9-16(20(22)23)13-7-4-10-18-17(13)14/h1-10,15,19,21H,11H2. The number of aliphatic hydroxyl groups is 1. The van der Waals surface area contributed by atoms with Gasteiger partial charge in [0.15, 0.2) is 0 Å². The number of aliphatic hydroxyl groups excluding tert-OH is 1. The predicted molar refractivity (Wildman–Crippen MR) is 88.3 cm³/mol. The molecule has 0 saturated heterocycles. The number of hydrogen-bond acceptors (Lipinski definition) is 5. The highest BCUT2D eigenvalue weighted by Crippen LogP contribution is 2.31. The molecule has 1 aromatic heterocycles. The van der Waals surface area contributed by atoms with E-state index >= 15 is 0 Å². The quantitative estimate of drug-likeness (QED) is 0.557. The van der Waals surface area contributed by atoms with Crippen LogP contribution in [0.4, 0.5) is 11.4 Å². The zero-order chi connectivity index (χ0) is 16.2. The average Bonchev–Trinajstić information content (AvgIpc) is 2.60. The smallest absolute Gasteiger partial charge is 0.278 e. The third-order valence-corrected chi connectivity index (χ3v) is 3.66. The van der Waals surface area contributed by atoms with Crippen LogP contribution < -0.4 is 5.32 Å². The van der Waals surface area contributed by atoms with Crippen molar-refractivity contribution in [1.29, 1.82) is 0 Å². The summed E-state index contributed by atoms with van der Waals surface area (Å²) in [6.07, 6.45) is 1.59. The minimum absolute atomic E-state index is 0.0129. The third kappa shape index (κ3) is 2.97. The topological polar surface area (TPSA) is 88.3 Å². The first kappa shape index (κ1) is 14.9. The summed E-state index contributed by atoms with van der Waals surface area (Å²) in [5.74, 6) is 0. The lowest BCUT2D eigenvalue weighted by Crippen LogP contribution is -2.15. The van der Waals surface area contributed by atoms with Gasteiger partial charge >= 0.3 is 0 Å². The van der Waals surface area contributed by atoms with Crippen LogP contribution in [0.25, 0.3) is 10.9 Å². The molecule has 6 heteroatoms. The van der Waals surface area contributed by atoms with Crippen LogP contribution in [0.15, 0.2) is 60.8 Å². The lowest BCUT2D eigenvalue weighted by Gasteiger charge is -2.19. The maximum Gasteiger partial charge on any atom is 0.278 e. The van der Waals surface area contributed by atoms with Crippen molar-refractivity contribution in [2.24, 2.45) is 0 Å². The fourth-order valence-electron chi connectivity index (χ4n) is 2.54. The van der Waals surface area contributed by atoms with Crippen molar-refractivity contribution < 1.29 is 10.0 Å². The summed E-state index contributed by atoms with van der Waals surface area (Å²) in [6, 6.07) is 15.6. The van der Waals surface area contributed by atoms with E-state index in [4.69, 9.17) is 0 Å². The van der Waals surface area contributed by atoms with Crippen LogP contribution in [0.3, 0.4) is 0 Å². The Morgan fingerprint density at radius 3 is 2.61 bits per heavy atom. The number of nitro benzene ring substituents is 1. The van der Waals surface area contributed by atoms with Gasteiger partial charge in [0.1, 0.15) is 5.52 Å². The number of rotatable bonds is 5. The first-order valence-electron chi connectivity index (χ1n) is 7.15. The summed E-state index contributed by atoms with van der Waals surface area (Å²) >= 11 is 0. The molecule has 0 aliphatic heterocycles. The maximum atomic E-state index is 11.1. The van der Waals surface area contributed by atoms with E-state index < -0.39 is 4.92 Å². The molecule has 116 valence electrons. The van der Waals surface area contributed by atoms with Crippen molar-refractivity contribution in [3.05, 3.63) is 76.5 Å². The van der Waals surface area contributed by atoms with Gasteiger partial charge in [-0.25, -0.2) is 0 Å². The minimum Gasteiger partial charge on any atom is -0.394 e. The van der Waals surface area contributed by atoms with Gasteiger partial charge in [-0.2, -0.15) is 0 Å². The van der Waals surface area contributed by atoms with E-state index in [1.807, 2.05) is 30.3 Å². The molecule has 23 heavy (non-hydrogen) atoms. The highest BCUT2D eigenvalue weighted by Gasteiger charge is 2.17. The molecule has 3 rings (SSSR count). The number of aromatic nitrogens is 1. The van der Waals surface area contributed by atoms with Crippen LogP contribution in [-0.4, -0.2) is 21.6 Å². The van der Waals surface area contributed by atoms with E-state index in [0.29, 0.717) is 16.6 Å². The summed E-state index contributed by atoms with van der Waals surface area (Å²) in [4.78, 5) is 15.0. The van der Waals surface area contributed by atoms with Gasteiger partial charge in [-0.05, 0) is 23.8 Å². The second-order valence-electron chi connectivity index (χ2n) is 5.08. The highest BCUT2D eigenvalue weighted by molar-refractivity contribution is 5.96. The fourth-order valence-corrected chi connectivity index (χ4v) is 2.54. The van der Waals surface area contributed by atoms with Crippen LogP contribution in [0.1, 0.15) is 11.6 Å². The second kappa shape index (κ2) is 6.41. The van der Waals surface area contributed by atoms with Crippen LogP contribution in [0.2, 0.25) is 0 Å². The van der Waals surface area contributed by atoms with Gasteiger partial charge in [0.25, 0.3) is 5.69 Å². The normalized spacial score (nSPS) is 12.0. The SMILES string of the molecule is O=[N+]([O-])c1ccc(NC(CO)c2ccccc2)c2ncccc12. The number of nitro groups is 1. The van der Waals surface area contributed by atoms with Crippen LogP contribution in [0, 0.1) is 10.1 Å². The van der Waals surface area contributed by atoms with Gasteiger partial charge in [-0.3, -0.25) is 15.1 Å². The molecule has 0 amide bonds. The molecule has 0 aliphatic rings. The number of hydrogen-bond donors (Lipinski definition) is 2. The van der Waals surface area contributed by atoms with Gasteiger partial charge in [0.05, 0.1) is 28.6 Å². The highest BCUT2D eigenvalue weighted by atomic mass is 16.6. The van der Waals surface area contributed by atoms with E-state index in [-0.39, 0.29) is 18.3 Å². The Bertz CT molecular complexity index is 837. The summed E-state index contributed by atoms with van der Waals surface area (Å²) < 4.78 is 0. The fraction of sp³-hybridized carbons (Fsp3) is 0.118. The largest absolute Gasteiger partial charge is 0.394 e. The molecular formula is C17H15N3O3. The molecule has 2 N–H and O–H groups in total. The Kier molecular flexibility index (Phi) is 4.16. The molecule has 1 atom stereocenters. The number of fused-ring (bicyclic) bond motifs is 1. The minimum atomic E-state index is -0.422. The lowest BCUT2D eigenvalue weighted by atomic mass is 10.1. The number of nitrogens with zero attached hydrogens (tertiary/aromatic N) is 2. The summed E-state index contributed by atoms with van der Waals surface area (Å²) in [7, 11) is 0. The predicted octanol–water partition coefficient (Wildman–Crippen LogP) is 3.29. The van der Waals surface area contributed by atoms with Crippen molar-refractivity contribution in [3.63, 3.8) is 0 Å². The van der Waals surface area contributed by atoms with E-state index in [0.717, 1.165) is 5.56 Å². The molecule has 0 aliphatic carbocycles. The first-order chi connectivity index (χ1) is 11.2. The summed E-state index contributed by atoms with van der Waals surface area (Å²) in [6.45, 7) is -0.102. The molecule has 0 radical (unpaired) electrons. The van der Waals surface area contributed by atoms with Gasteiger partial charge in [0, 0.05) is 12.3 Å². The third-order valence-electron chi connectivity index (χ3n) is 3.66. The van der Waals surface area contributed by atoms with Crippen molar-refractivity contribution in [1.82, 2.24) is 4.98 Å². The number of pyridine rings is 1. The average molecular weight is 309 g/mol. The maximum absolute atomic E-state index is 11.1. The van der Waals surface area contributed by atoms with Gasteiger partial charge < -0.3 is 10.4 Å². The Balaban J connectivity index is 2.03. The Hall–Kier alpha value is -2.99. The van der Waals surface area contributed by atoms with E-state index in [2.05, 4.69) is 10.3 Å². The zero-order valence-electron chi connectivity index (χ0n) is 12.2. The van der Waals surface area contributed by atoms with E-state index in [1.165, 1.54) is 6.07 Å². The Morgan fingerprint density at radius 2 is 1.91 bits per heavy atom. The molecule has 2 aromatic carbocycles. The number of non-ortho nitro benzene ring substituents is 1. The molecule has 0 spiro atoms. The van der Waals surface area contributed by atoms with Gasteiger partial charge in [-0.1, -0.05) is 30.3 Å². The molecule has 1 heterocycles. The first-order valence-corrected chi connectivity index (χ1v) is 7.15. The van der Waals surface area contributed by atoms with E-state index in [9.17, 15) is 15.2 Å². The van der Waals surface area contributed by atoms with E-state index in [1.54, 1.807) is 24.4 Å². The lowest BCUT2D eigenvalue weighted by molar-refractivity contribution is -0.383. The zero-order valence-corrected chi connectivity index (χ0v) is 12.2. The summed E-state index contributed by atoms with van der Waals surface area (Å²) in [5, 5.41) is 24.5. The van der Waals surface area contributed by atoms with Crippen molar-refractivity contribution >= 4 is 22.3 Å². The number of nitrogens with one attached hydrogen (secondary N) is 1. The van der Waals surface area contributed by atoms with Crippen LogP contribution in [0.5, 0.6) is 0 Å². The number of benzene rings is 2. The summed E-state index contributed by atoms with van der Waals surface area (Å²) in [5.41, 5.74) is 2.10. The van der Waals surface area contributed by atoms with Crippen molar-refractivity contribution in [2.45, 2.75) is 6.04 Å². The van der Waals surface area contributed by atoms with Crippen molar-refractivity contribution in [2.75, 3.05) is 11.9 Å². The molecule has 0 saturated carbocycles. The van der Waals surface area contributed by atoms with Gasteiger partial charge in [-0.15, -0.1) is 0 Å². The van der Waals surface area contributed by atoms with Crippen molar-refractivity contribution in [3.8, 4) is 0 Å².